The molecular weight excluding hydrogens is 563 g/mol. The van der Waals surface area contributed by atoms with E-state index in [0.717, 1.165) is 0 Å². The second-order valence-corrected chi connectivity index (χ2v) is 28.5. The Bertz CT molecular complexity index is 1660. The minimum absolute atomic E-state index is 0.0941. The van der Waals surface area contributed by atoms with Gasteiger partial charge in [-0.25, -0.2) is 0 Å². The summed E-state index contributed by atoms with van der Waals surface area (Å²) in [6.45, 7) is 21.7. The standard InChI is InChI=1S/C39H45BN2Si2/c1-28-24-30(3)38(31(4)25-28)41-36-22-16-17-23-37(36)42(39-32(5)26-29(2)27-33(39)6)40(41)44(43(7,8)9,34-18-12-10-13-19-34)35-20-14-11-15-21-35/h10-27H,1-9H3. The highest BCUT2D eigenvalue weighted by Crippen LogP contribution is 2.52. The van der Waals surface area contributed by atoms with Gasteiger partial charge >= 0.3 is 6.57 Å². The number of fused-ring (bicyclic) bond motifs is 1. The van der Waals surface area contributed by atoms with Gasteiger partial charge in [0.05, 0.1) is 11.4 Å². The SMILES string of the molecule is Cc1cc(C)c(N2B([Si](c3ccccc3)(c3ccccc3)[Si](C)(C)C)N(c3c(C)cc(C)cc3C)c3ccccc32)c(C)c1. The van der Waals surface area contributed by atoms with Crippen LogP contribution in [0.4, 0.5) is 22.7 Å². The van der Waals surface area contributed by atoms with E-state index in [4.69, 9.17) is 0 Å². The molecule has 0 spiro atoms. The lowest BCUT2D eigenvalue weighted by Crippen LogP contribution is -2.86. The zero-order valence-corrected chi connectivity index (χ0v) is 29.9. The van der Waals surface area contributed by atoms with E-state index in [-0.39, 0.29) is 6.57 Å². The number of anilines is 4. The number of rotatable bonds is 6. The van der Waals surface area contributed by atoms with Gasteiger partial charge in [-0.2, -0.15) is 0 Å². The van der Waals surface area contributed by atoms with Gasteiger partial charge in [-0.05, 0) is 75.9 Å². The molecular formula is C39H45BN2Si2. The Kier molecular flexibility index (Phi) is 7.75. The second kappa shape index (κ2) is 11.3. The third-order valence-corrected chi connectivity index (χ3v) is 25.4. The average Bonchev–Trinajstić information content (AvgIpc) is 3.27. The molecule has 2 nitrogen and oxygen atoms in total. The average molecular weight is 609 g/mol. The highest BCUT2D eigenvalue weighted by atomic mass is 29.3. The lowest BCUT2D eigenvalue weighted by molar-refractivity contribution is 1.25. The van der Waals surface area contributed by atoms with Crippen molar-refractivity contribution >= 4 is 54.8 Å². The quantitative estimate of drug-likeness (QED) is 0.178. The molecule has 0 atom stereocenters. The predicted octanol–water partition coefficient (Wildman–Crippen LogP) is 9.07. The maximum atomic E-state index is 2.78. The van der Waals surface area contributed by atoms with E-state index < -0.39 is 15.1 Å². The molecule has 5 aromatic rings. The number of aryl methyl sites for hydroxylation is 6. The summed E-state index contributed by atoms with van der Waals surface area (Å²) in [5.74, 6) is 0. The smallest absolute Gasteiger partial charge is 0.366 e. The van der Waals surface area contributed by atoms with Crippen molar-refractivity contribution in [3.63, 3.8) is 0 Å². The Balaban J connectivity index is 1.84. The number of benzene rings is 5. The first kappa shape index (κ1) is 30.2. The first-order valence-electron chi connectivity index (χ1n) is 15.9. The summed E-state index contributed by atoms with van der Waals surface area (Å²) in [6.07, 6.45) is 0. The van der Waals surface area contributed by atoms with Gasteiger partial charge in [0.15, 0.2) is 0 Å². The summed E-state index contributed by atoms with van der Waals surface area (Å²) in [5.41, 5.74) is 13.3. The Labute approximate surface area is 267 Å². The lowest BCUT2D eigenvalue weighted by atomic mass is 9.94. The summed E-state index contributed by atoms with van der Waals surface area (Å²) in [6, 6.07) is 41.9. The van der Waals surface area contributed by atoms with Crippen molar-refractivity contribution in [1.82, 2.24) is 0 Å². The third kappa shape index (κ3) is 4.69. The van der Waals surface area contributed by atoms with Crippen molar-refractivity contribution in [1.29, 1.82) is 0 Å². The molecule has 0 saturated heterocycles. The summed E-state index contributed by atoms with van der Waals surface area (Å²) < 4.78 is 0. The van der Waals surface area contributed by atoms with E-state index >= 15 is 0 Å². The minimum atomic E-state index is -2.63. The van der Waals surface area contributed by atoms with Crippen molar-refractivity contribution in [2.24, 2.45) is 0 Å². The fraction of sp³-hybridized carbons (Fsp3) is 0.231. The zero-order valence-electron chi connectivity index (χ0n) is 27.9. The first-order valence-corrected chi connectivity index (χ1v) is 22.5. The van der Waals surface area contributed by atoms with Crippen molar-refractivity contribution in [3.8, 4) is 0 Å². The second-order valence-electron chi connectivity index (χ2n) is 13.9. The van der Waals surface area contributed by atoms with Crippen molar-refractivity contribution < 1.29 is 0 Å². The van der Waals surface area contributed by atoms with E-state index in [2.05, 4.69) is 180 Å². The Hall–Kier alpha value is -3.80. The summed E-state index contributed by atoms with van der Waals surface area (Å²) in [7, 11) is -4.64. The molecule has 1 heterocycles. The molecule has 0 bridgehead atoms. The summed E-state index contributed by atoms with van der Waals surface area (Å²) in [4.78, 5) is 5.56. The number of para-hydroxylation sites is 2. The minimum Gasteiger partial charge on any atom is -0.366 e. The number of nitrogens with zero attached hydrogens (tertiary/aromatic N) is 2. The van der Waals surface area contributed by atoms with Gasteiger partial charge in [-0.3, -0.25) is 0 Å². The number of hydrogen-bond donors (Lipinski definition) is 0. The van der Waals surface area contributed by atoms with Crippen molar-refractivity contribution in [3.05, 3.63) is 143 Å². The van der Waals surface area contributed by atoms with Crippen LogP contribution in [0.5, 0.6) is 0 Å². The fourth-order valence-corrected chi connectivity index (χ4v) is 23.8. The topological polar surface area (TPSA) is 6.48 Å². The molecule has 5 aromatic carbocycles. The van der Waals surface area contributed by atoms with Gasteiger partial charge in [0, 0.05) is 19.0 Å². The molecule has 0 N–H and O–H groups in total. The lowest BCUT2D eigenvalue weighted by Gasteiger charge is -2.50. The van der Waals surface area contributed by atoms with Crippen LogP contribution in [-0.2, 0) is 0 Å². The van der Waals surface area contributed by atoms with Crippen molar-refractivity contribution in [2.45, 2.75) is 61.2 Å². The molecule has 44 heavy (non-hydrogen) atoms. The fourth-order valence-electron chi connectivity index (χ4n) is 8.35. The summed E-state index contributed by atoms with van der Waals surface area (Å²) in [5, 5.41) is 3.03. The molecule has 0 aromatic heterocycles. The van der Waals surface area contributed by atoms with Gasteiger partial charge in [-0.1, -0.05) is 138 Å². The normalized spacial score (nSPS) is 13.4. The van der Waals surface area contributed by atoms with Crippen molar-refractivity contribution in [2.75, 3.05) is 9.62 Å². The van der Waals surface area contributed by atoms with E-state index in [1.165, 1.54) is 66.5 Å². The van der Waals surface area contributed by atoms with E-state index in [1.54, 1.807) is 0 Å². The van der Waals surface area contributed by atoms with E-state index in [1.807, 2.05) is 0 Å². The van der Waals surface area contributed by atoms with Crippen LogP contribution in [0.15, 0.2) is 109 Å². The molecule has 0 unspecified atom stereocenters. The number of hydrogen-bond acceptors (Lipinski definition) is 2. The van der Waals surface area contributed by atoms with Gasteiger partial charge in [0.25, 0.3) is 0 Å². The van der Waals surface area contributed by atoms with Crippen LogP contribution < -0.4 is 20.0 Å². The monoisotopic (exact) mass is 608 g/mol. The van der Waals surface area contributed by atoms with Crippen LogP contribution >= 0.6 is 0 Å². The molecule has 0 aliphatic carbocycles. The predicted molar refractivity (Wildman–Crippen MR) is 199 cm³/mol. The third-order valence-electron chi connectivity index (χ3n) is 9.67. The Morgan fingerprint density at radius 1 is 0.455 bits per heavy atom. The molecule has 0 saturated carbocycles. The molecule has 1 aliphatic rings. The molecule has 0 radical (unpaired) electrons. The Morgan fingerprint density at radius 2 is 0.773 bits per heavy atom. The van der Waals surface area contributed by atoms with Crippen LogP contribution in [0.3, 0.4) is 0 Å². The van der Waals surface area contributed by atoms with Crippen LogP contribution in [0, 0.1) is 41.5 Å². The van der Waals surface area contributed by atoms with Gasteiger partial charge in [-0.15, -0.1) is 0 Å². The molecule has 6 rings (SSSR count). The van der Waals surface area contributed by atoms with Crippen LogP contribution in [-0.4, -0.2) is 21.6 Å². The summed E-state index contributed by atoms with van der Waals surface area (Å²) >= 11 is 0. The Morgan fingerprint density at radius 3 is 1.09 bits per heavy atom. The van der Waals surface area contributed by atoms with Crippen LogP contribution in [0.1, 0.15) is 33.4 Å². The highest BCUT2D eigenvalue weighted by Gasteiger charge is 2.65. The first-order chi connectivity index (χ1) is 21.0. The molecule has 222 valence electrons. The van der Waals surface area contributed by atoms with Crippen LogP contribution in [0.25, 0.3) is 0 Å². The van der Waals surface area contributed by atoms with Gasteiger partial charge < -0.3 is 9.62 Å². The van der Waals surface area contributed by atoms with E-state index in [9.17, 15) is 0 Å². The molecule has 0 fully saturated rings. The highest BCUT2D eigenvalue weighted by molar-refractivity contribution is 7.74. The van der Waals surface area contributed by atoms with E-state index in [0.29, 0.717) is 0 Å². The van der Waals surface area contributed by atoms with Gasteiger partial charge in [0.2, 0.25) is 0 Å². The molecule has 0 amide bonds. The van der Waals surface area contributed by atoms with Gasteiger partial charge in [0.1, 0.15) is 7.46 Å². The molecule has 5 heteroatoms. The molecule has 1 aliphatic heterocycles. The largest absolute Gasteiger partial charge is 0.373 e. The maximum absolute atomic E-state index is 2.78. The zero-order chi connectivity index (χ0) is 31.4. The van der Waals surface area contributed by atoms with Crippen LogP contribution in [0.2, 0.25) is 19.6 Å². The maximum Gasteiger partial charge on any atom is 0.373 e.